The molecule has 2 heteroatoms. The molecule has 0 spiro atoms. The Labute approximate surface area is 190 Å². The van der Waals surface area contributed by atoms with Crippen molar-refractivity contribution in [1.82, 2.24) is 4.98 Å². The summed E-state index contributed by atoms with van der Waals surface area (Å²) >= 11 is 3.71. The van der Waals surface area contributed by atoms with Gasteiger partial charge < -0.3 is 0 Å². The number of nitrogens with zero attached hydrogens (tertiary/aromatic N) is 1. The Hall–Kier alpha value is -2.71. The Morgan fingerprint density at radius 1 is 0.774 bits per heavy atom. The summed E-state index contributed by atoms with van der Waals surface area (Å²) in [6, 6.07) is 24.5. The van der Waals surface area contributed by atoms with Gasteiger partial charge in [-0.25, -0.2) is 4.98 Å². The van der Waals surface area contributed by atoms with Crippen molar-refractivity contribution in [2.24, 2.45) is 0 Å². The van der Waals surface area contributed by atoms with E-state index in [-0.39, 0.29) is 0 Å². The Morgan fingerprint density at radius 2 is 1.52 bits per heavy atom. The number of aryl methyl sites for hydroxylation is 1. The van der Waals surface area contributed by atoms with E-state index in [1.165, 1.54) is 74.1 Å². The van der Waals surface area contributed by atoms with Gasteiger partial charge >= 0.3 is 0 Å². The van der Waals surface area contributed by atoms with Gasteiger partial charge in [-0.1, -0.05) is 76.1 Å². The standard InChI is InChI=1S/C29H22BrN/c1-16-6-8-17(9-7-16)28-26-19-11-10-18(14-19)25(26)27-22-13-12-20(30)15-24(22)21-4-2-3-5-23(21)29(27)31-28/h2-9,12-13,15,18-19H,10-11,14H2,1H3. The smallest absolute Gasteiger partial charge is 0.0797 e. The normalized spacial score (nSPS) is 19.5. The molecule has 1 aromatic heterocycles. The third kappa shape index (κ3) is 2.46. The minimum atomic E-state index is 0.658. The maximum Gasteiger partial charge on any atom is 0.0797 e. The summed E-state index contributed by atoms with van der Waals surface area (Å²) in [6.07, 6.45) is 3.91. The molecule has 0 aliphatic heterocycles. The average molecular weight is 464 g/mol. The number of benzene rings is 4. The van der Waals surface area contributed by atoms with Crippen LogP contribution in [0.1, 0.15) is 47.8 Å². The van der Waals surface area contributed by atoms with Crippen molar-refractivity contribution >= 4 is 48.4 Å². The molecule has 2 aliphatic rings. The molecular weight excluding hydrogens is 442 g/mol. The fraction of sp³-hybridized carbons (Fsp3) is 0.207. The number of hydrogen-bond acceptors (Lipinski definition) is 1. The van der Waals surface area contributed by atoms with Crippen LogP contribution in [0.5, 0.6) is 0 Å². The zero-order valence-corrected chi connectivity index (χ0v) is 19.0. The number of aromatic nitrogens is 1. The second-order valence-corrected chi connectivity index (χ2v) is 10.2. The van der Waals surface area contributed by atoms with Crippen molar-refractivity contribution in [3.05, 3.63) is 87.9 Å². The van der Waals surface area contributed by atoms with E-state index in [2.05, 4.69) is 89.6 Å². The lowest BCUT2D eigenvalue weighted by Crippen LogP contribution is -2.05. The summed E-state index contributed by atoms with van der Waals surface area (Å²) in [5, 5.41) is 6.63. The zero-order valence-electron chi connectivity index (χ0n) is 17.5. The SMILES string of the molecule is Cc1ccc(-c2nc3c4ccccc4c4cc(Br)ccc4c3c3c2C2CCC3C2)cc1. The quantitative estimate of drug-likeness (QED) is 0.226. The Kier molecular flexibility index (Phi) is 3.70. The molecule has 31 heavy (non-hydrogen) atoms. The molecule has 2 bridgehead atoms. The molecule has 0 radical (unpaired) electrons. The van der Waals surface area contributed by atoms with Gasteiger partial charge in [0.1, 0.15) is 0 Å². The molecule has 4 aromatic carbocycles. The van der Waals surface area contributed by atoms with E-state index < -0.39 is 0 Å². The fourth-order valence-corrected chi connectivity index (χ4v) is 6.60. The van der Waals surface area contributed by atoms with Crippen LogP contribution in [-0.2, 0) is 0 Å². The first-order valence-electron chi connectivity index (χ1n) is 11.2. The van der Waals surface area contributed by atoms with E-state index in [0.717, 1.165) is 4.47 Å². The van der Waals surface area contributed by atoms with Crippen LogP contribution in [0.3, 0.4) is 0 Å². The Balaban J connectivity index is 1.72. The van der Waals surface area contributed by atoms with E-state index >= 15 is 0 Å². The van der Waals surface area contributed by atoms with E-state index in [1.807, 2.05) is 0 Å². The molecule has 0 amide bonds. The minimum Gasteiger partial charge on any atom is -0.247 e. The minimum absolute atomic E-state index is 0.658. The van der Waals surface area contributed by atoms with Gasteiger partial charge in [0.15, 0.2) is 0 Å². The van der Waals surface area contributed by atoms with E-state index in [9.17, 15) is 0 Å². The van der Waals surface area contributed by atoms with Gasteiger partial charge in [0.25, 0.3) is 0 Å². The van der Waals surface area contributed by atoms with Crippen LogP contribution in [0.2, 0.25) is 0 Å². The van der Waals surface area contributed by atoms with E-state index in [0.29, 0.717) is 11.8 Å². The molecule has 2 unspecified atom stereocenters. The number of halogens is 1. The summed E-state index contributed by atoms with van der Waals surface area (Å²) in [7, 11) is 0. The maximum atomic E-state index is 5.45. The first kappa shape index (κ1) is 17.9. The van der Waals surface area contributed by atoms with Crippen LogP contribution >= 0.6 is 15.9 Å². The van der Waals surface area contributed by atoms with Crippen LogP contribution in [0.25, 0.3) is 43.7 Å². The molecule has 5 aromatic rings. The molecule has 0 saturated heterocycles. The van der Waals surface area contributed by atoms with Crippen molar-refractivity contribution in [3.63, 3.8) is 0 Å². The van der Waals surface area contributed by atoms with Crippen molar-refractivity contribution in [3.8, 4) is 11.3 Å². The third-order valence-electron chi connectivity index (χ3n) is 7.57. The number of pyridine rings is 1. The molecule has 2 aliphatic carbocycles. The molecular formula is C29H22BrN. The lowest BCUT2D eigenvalue weighted by Gasteiger charge is -2.23. The highest BCUT2D eigenvalue weighted by molar-refractivity contribution is 9.10. The van der Waals surface area contributed by atoms with Crippen molar-refractivity contribution < 1.29 is 0 Å². The van der Waals surface area contributed by atoms with Gasteiger partial charge in [-0.05, 0) is 77.4 Å². The lowest BCUT2D eigenvalue weighted by molar-refractivity contribution is 0.721. The lowest BCUT2D eigenvalue weighted by atomic mass is 9.83. The molecule has 1 nitrogen and oxygen atoms in total. The van der Waals surface area contributed by atoms with Gasteiger partial charge in [0.2, 0.25) is 0 Å². The third-order valence-corrected chi connectivity index (χ3v) is 8.07. The molecule has 1 saturated carbocycles. The van der Waals surface area contributed by atoms with E-state index in [4.69, 9.17) is 4.98 Å². The highest BCUT2D eigenvalue weighted by Gasteiger charge is 2.41. The van der Waals surface area contributed by atoms with Gasteiger partial charge in [0, 0.05) is 20.8 Å². The summed E-state index contributed by atoms with van der Waals surface area (Å²) in [5.74, 6) is 1.33. The zero-order chi connectivity index (χ0) is 20.7. The van der Waals surface area contributed by atoms with Crippen LogP contribution in [0.15, 0.2) is 71.2 Å². The monoisotopic (exact) mass is 463 g/mol. The van der Waals surface area contributed by atoms with Crippen LogP contribution in [0, 0.1) is 6.92 Å². The van der Waals surface area contributed by atoms with Gasteiger partial charge in [-0.15, -0.1) is 0 Å². The summed E-state index contributed by atoms with van der Waals surface area (Å²) < 4.78 is 1.13. The summed E-state index contributed by atoms with van der Waals surface area (Å²) in [5.41, 5.74) is 8.08. The highest BCUT2D eigenvalue weighted by Crippen LogP contribution is 2.58. The predicted molar refractivity (Wildman–Crippen MR) is 134 cm³/mol. The first-order chi connectivity index (χ1) is 15.2. The number of fused-ring (bicyclic) bond motifs is 12. The molecule has 1 heterocycles. The van der Waals surface area contributed by atoms with E-state index in [1.54, 1.807) is 5.56 Å². The van der Waals surface area contributed by atoms with Crippen molar-refractivity contribution in [1.29, 1.82) is 0 Å². The van der Waals surface area contributed by atoms with Gasteiger partial charge in [0.05, 0.1) is 11.2 Å². The van der Waals surface area contributed by atoms with Gasteiger partial charge in [-0.2, -0.15) is 0 Å². The molecule has 1 fully saturated rings. The predicted octanol–water partition coefficient (Wildman–Crippen LogP) is 8.64. The topological polar surface area (TPSA) is 12.9 Å². The van der Waals surface area contributed by atoms with Crippen LogP contribution in [-0.4, -0.2) is 4.98 Å². The second kappa shape index (κ2) is 6.40. The van der Waals surface area contributed by atoms with Crippen LogP contribution < -0.4 is 0 Å². The molecule has 2 atom stereocenters. The summed E-state index contributed by atoms with van der Waals surface area (Å²) in [6.45, 7) is 2.15. The Morgan fingerprint density at radius 3 is 2.32 bits per heavy atom. The summed E-state index contributed by atoms with van der Waals surface area (Å²) in [4.78, 5) is 5.45. The van der Waals surface area contributed by atoms with Crippen molar-refractivity contribution in [2.75, 3.05) is 0 Å². The van der Waals surface area contributed by atoms with Gasteiger partial charge in [-0.3, -0.25) is 0 Å². The van der Waals surface area contributed by atoms with Crippen LogP contribution in [0.4, 0.5) is 0 Å². The first-order valence-corrected chi connectivity index (χ1v) is 12.0. The number of rotatable bonds is 1. The average Bonchev–Trinajstić information content (AvgIpc) is 3.42. The molecule has 0 N–H and O–H groups in total. The maximum absolute atomic E-state index is 5.45. The molecule has 7 rings (SSSR count). The largest absolute Gasteiger partial charge is 0.247 e. The fourth-order valence-electron chi connectivity index (χ4n) is 6.24. The second-order valence-electron chi connectivity index (χ2n) is 9.32. The molecule has 150 valence electrons. The highest BCUT2D eigenvalue weighted by atomic mass is 79.9. The Bertz CT molecular complexity index is 1530. The number of hydrogen-bond donors (Lipinski definition) is 0. The van der Waals surface area contributed by atoms with Crippen molar-refractivity contribution in [2.45, 2.75) is 38.0 Å².